The Labute approximate surface area is 117 Å². The lowest BCUT2D eigenvalue weighted by Gasteiger charge is -2.34. The van der Waals surface area contributed by atoms with E-state index in [1.807, 2.05) is 0 Å². The molecule has 0 unspecified atom stereocenters. The molecule has 1 fully saturated rings. The first-order chi connectivity index (χ1) is 9.25. The molecule has 0 aromatic heterocycles. The summed E-state index contributed by atoms with van der Waals surface area (Å²) in [5, 5.41) is 14.1. The van der Waals surface area contributed by atoms with E-state index in [2.05, 4.69) is 5.32 Å². The lowest BCUT2D eigenvalue weighted by molar-refractivity contribution is -0.387. The van der Waals surface area contributed by atoms with Gasteiger partial charge in [0.05, 0.1) is 4.92 Å². The van der Waals surface area contributed by atoms with E-state index in [9.17, 15) is 18.5 Å². The highest BCUT2D eigenvalue weighted by atomic mass is 32.2. The molecule has 0 bridgehead atoms. The molecule has 7 nitrogen and oxygen atoms in total. The smallest absolute Gasteiger partial charge is 0.289 e. The van der Waals surface area contributed by atoms with Crippen molar-refractivity contribution in [2.45, 2.75) is 24.8 Å². The molecule has 8 heteroatoms. The molecule has 0 spiro atoms. The number of nitrogens with one attached hydrogen (secondary N) is 1. The molecule has 0 atom stereocenters. The number of likely N-dealkylation sites (N-methyl/N-ethyl adjacent to an activating group) is 1. The van der Waals surface area contributed by atoms with Gasteiger partial charge in [-0.3, -0.25) is 10.1 Å². The summed E-state index contributed by atoms with van der Waals surface area (Å²) in [6, 6.07) is 2.54. The van der Waals surface area contributed by atoms with Gasteiger partial charge < -0.3 is 5.32 Å². The predicted octanol–water partition coefficient (Wildman–Crippen LogP) is 0.804. The van der Waals surface area contributed by atoms with Crippen molar-refractivity contribution in [3.63, 3.8) is 0 Å². The van der Waals surface area contributed by atoms with E-state index in [0.717, 1.165) is 0 Å². The van der Waals surface area contributed by atoms with Gasteiger partial charge in [0.25, 0.3) is 5.69 Å². The van der Waals surface area contributed by atoms with Crippen molar-refractivity contribution in [2.75, 3.05) is 20.1 Å². The monoisotopic (exact) mass is 299 g/mol. The van der Waals surface area contributed by atoms with Gasteiger partial charge in [0, 0.05) is 32.2 Å². The molecule has 1 saturated heterocycles. The largest absolute Gasteiger partial charge is 0.313 e. The molecule has 1 aliphatic heterocycles. The first kappa shape index (κ1) is 14.9. The standard InChI is InChI=1S/C12H17N3O4S/c1-8-4-11(15(16)17)12(5-9(8)2)20(18,19)14(3)10-6-13-7-10/h4-5,10,13H,6-7H2,1-3H3. The van der Waals surface area contributed by atoms with E-state index in [-0.39, 0.29) is 16.6 Å². The maximum Gasteiger partial charge on any atom is 0.289 e. The van der Waals surface area contributed by atoms with Gasteiger partial charge >= 0.3 is 0 Å². The zero-order chi connectivity index (χ0) is 15.1. The number of nitrogens with zero attached hydrogens (tertiary/aromatic N) is 2. The number of rotatable bonds is 4. The van der Waals surface area contributed by atoms with Crippen LogP contribution in [0.15, 0.2) is 17.0 Å². The van der Waals surface area contributed by atoms with Crippen LogP contribution in [0.2, 0.25) is 0 Å². The first-order valence-corrected chi connectivity index (χ1v) is 7.63. The maximum absolute atomic E-state index is 12.5. The third-order valence-electron chi connectivity index (χ3n) is 3.70. The Bertz CT molecular complexity index is 653. The highest BCUT2D eigenvalue weighted by molar-refractivity contribution is 7.89. The van der Waals surface area contributed by atoms with Gasteiger partial charge in [0.2, 0.25) is 10.0 Å². The first-order valence-electron chi connectivity index (χ1n) is 6.19. The van der Waals surface area contributed by atoms with Crippen LogP contribution in [0.5, 0.6) is 0 Å². The van der Waals surface area contributed by atoms with E-state index in [1.54, 1.807) is 13.8 Å². The van der Waals surface area contributed by atoms with Gasteiger partial charge in [-0.2, -0.15) is 4.31 Å². The van der Waals surface area contributed by atoms with Crippen molar-refractivity contribution in [1.29, 1.82) is 0 Å². The molecule has 20 heavy (non-hydrogen) atoms. The fourth-order valence-electron chi connectivity index (χ4n) is 2.01. The van der Waals surface area contributed by atoms with Crippen molar-refractivity contribution >= 4 is 15.7 Å². The summed E-state index contributed by atoms with van der Waals surface area (Å²) < 4.78 is 26.3. The van der Waals surface area contributed by atoms with Crippen molar-refractivity contribution in [2.24, 2.45) is 0 Å². The Morgan fingerprint density at radius 2 is 1.85 bits per heavy atom. The van der Waals surface area contributed by atoms with Crippen molar-refractivity contribution in [1.82, 2.24) is 9.62 Å². The molecule has 1 N–H and O–H groups in total. The van der Waals surface area contributed by atoms with E-state index in [4.69, 9.17) is 0 Å². The van der Waals surface area contributed by atoms with Crippen LogP contribution in [0.1, 0.15) is 11.1 Å². The van der Waals surface area contributed by atoms with Crippen LogP contribution < -0.4 is 5.32 Å². The zero-order valence-corrected chi connectivity index (χ0v) is 12.4. The van der Waals surface area contributed by atoms with Crippen LogP contribution in [-0.4, -0.2) is 43.8 Å². The molecule has 1 aromatic rings. The number of hydrogen-bond acceptors (Lipinski definition) is 5. The highest BCUT2D eigenvalue weighted by Crippen LogP contribution is 2.30. The van der Waals surface area contributed by atoms with Gasteiger partial charge in [-0.25, -0.2) is 8.42 Å². The Morgan fingerprint density at radius 1 is 1.30 bits per heavy atom. The van der Waals surface area contributed by atoms with Gasteiger partial charge in [0.1, 0.15) is 0 Å². The minimum Gasteiger partial charge on any atom is -0.313 e. The zero-order valence-electron chi connectivity index (χ0n) is 11.6. The Hall–Kier alpha value is -1.51. The van der Waals surface area contributed by atoms with E-state index in [1.165, 1.54) is 23.5 Å². The summed E-state index contributed by atoms with van der Waals surface area (Å²) in [4.78, 5) is 10.2. The molecular weight excluding hydrogens is 282 g/mol. The SMILES string of the molecule is Cc1cc([N+](=O)[O-])c(S(=O)(=O)N(C)C2CNC2)cc1C. The number of hydrogen-bond donors (Lipinski definition) is 1. The molecule has 110 valence electrons. The van der Waals surface area contributed by atoms with Gasteiger partial charge in [-0.1, -0.05) is 0 Å². The topological polar surface area (TPSA) is 92.5 Å². The van der Waals surface area contributed by atoms with Crippen LogP contribution in [0.3, 0.4) is 0 Å². The summed E-state index contributed by atoms with van der Waals surface area (Å²) in [6.07, 6.45) is 0. The van der Waals surface area contributed by atoms with Crippen LogP contribution in [0, 0.1) is 24.0 Å². The average molecular weight is 299 g/mol. The van der Waals surface area contributed by atoms with Gasteiger partial charge in [-0.15, -0.1) is 0 Å². The molecule has 1 aliphatic rings. The van der Waals surface area contributed by atoms with Crippen molar-refractivity contribution in [3.8, 4) is 0 Å². The second kappa shape index (κ2) is 5.12. The van der Waals surface area contributed by atoms with Crippen molar-refractivity contribution < 1.29 is 13.3 Å². The predicted molar refractivity (Wildman–Crippen MR) is 74.2 cm³/mol. The number of nitro groups is 1. The average Bonchev–Trinajstić information content (AvgIpc) is 2.29. The lowest BCUT2D eigenvalue weighted by atomic mass is 10.1. The Kier molecular flexibility index (Phi) is 3.81. The maximum atomic E-state index is 12.5. The van der Waals surface area contributed by atoms with E-state index >= 15 is 0 Å². The summed E-state index contributed by atoms with van der Waals surface area (Å²) in [6.45, 7) is 4.59. The van der Waals surface area contributed by atoms with Crippen molar-refractivity contribution in [3.05, 3.63) is 33.4 Å². The summed E-state index contributed by atoms with van der Waals surface area (Å²) in [5.41, 5.74) is 1.05. The number of aryl methyl sites for hydroxylation is 2. The number of nitro benzene ring substituents is 1. The summed E-state index contributed by atoms with van der Waals surface area (Å²) in [5.74, 6) is 0. The molecule has 1 aromatic carbocycles. The molecule has 0 amide bonds. The molecule has 0 saturated carbocycles. The van der Waals surface area contributed by atoms with E-state index < -0.39 is 14.9 Å². The third-order valence-corrected chi connectivity index (χ3v) is 5.64. The summed E-state index contributed by atoms with van der Waals surface area (Å²) >= 11 is 0. The highest BCUT2D eigenvalue weighted by Gasteiger charge is 2.36. The Morgan fingerprint density at radius 3 is 2.30 bits per heavy atom. The molecule has 2 rings (SSSR count). The molecular formula is C12H17N3O4S. The van der Waals surface area contributed by atoms with Gasteiger partial charge in [-0.05, 0) is 31.0 Å². The minimum absolute atomic E-state index is 0.152. The second-order valence-electron chi connectivity index (χ2n) is 4.99. The second-order valence-corrected chi connectivity index (χ2v) is 6.96. The molecule has 0 aliphatic carbocycles. The Balaban J connectivity index is 2.55. The van der Waals surface area contributed by atoms with Gasteiger partial charge in [0.15, 0.2) is 4.90 Å². The lowest BCUT2D eigenvalue weighted by Crippen LogP contribution is -2.57. The molecule has 1 heterocycles. The van der Waals surface area contributed by atoms with Crippen LogP contribution >= 0.6 is 0 Å². The third kappa shape index (κ3) is 2.41. The van der Waals surface area contributed by atoms with E-state index in [0.29, 0.717) is 24.2 Å². The fourth-order valence-corrected chi connectivity index (χ4v) is 3.58. The normalized spacial score (nSPS) is 16.2. The van der Waals surface area contributed by atoms with Crippen LogP contribution in [0.4, 0.5) is 5.69 Å². The quantitative estimate of drug-likeness (QED) is 0.656. The fraction of sp³-hybridized carbons (Fsp3) is 0.500. The molecule has 0 radical (unpaired) electrons. The number of benzene rings is 1. The van der Waals surface area contributed by atoms with Crippen LogP contribution in [-0.2, 0) is 10.0 Å². The van der Waals surface area contributed by atoms with Crippen LogP contribution in [0.25, 0.3) is 0 Å². The summed E-state index contributed by atoms with van der Waals surface area (Å²) in [7, 11) is -2.40. The minimum atomic E-state index is -3.86. The number of sulfonamides is 1.